The van der Waals surface area contributed by atoms with Gasteiger partial charge in [-0.05, 0) is 74.2 Å². The Morgan fingerprint density at radius 1 is 0.889 bits per heavy atom. The van der Waals surface area contributed by atoms with E-state index in [2.05, 4.69) is 22.3 Å². The average Bonchev–Trinajstić information content (AvgIpc) is 2.96. The van der Waals surface area contributed by atoms with Gasteiger partial charge in [-0.15, -0.1) is 0 Å². The fraction of sp³-hybridized carbons (Fsp3) is 0.435. The molecule has 2 aromatic carbocycles. The Kier molecular flexibility index (Phi) is 7.40. The minimum absolute atomic E-state index is 0.0320. The highest BCUT2D eigenvalue weighted by Crippen LogP contribution is 2.14. The molecule has 2 aromatic rings. The van der Waals surface area contributed by atoms with Crippen LogP contribution in [-0.2, 0) is 13.0 Å². The number of aryl methyl sites for hydroxylation is 1. The lowest BCUT2D eigenvalue weighted by molar-refractivity contribution is 0.0953. The molecule has 0 spiro atoms. The molecular weight excluding hydrogens is 339 g/mol. The van der Waals surface area contributed by atoms with Crippen molar-refractivity contribution < 1.29 is 9.18 Å². The topological polar surface area (TPSA) is 32.3 Å². The van der Waals surface area contributed by atoms with Crippen molar-refractivity contribution in [2.45, 2.75) is 45.1 Å². The molecule has 0 aromatic heterocycles. The summed E-state index contributed by atoms with van der Waals surface area (Å²) in [5, 5.41) is 2.97. The van der Waals surface area contributed by atoms with E-state index in [1.807, 2.05) is 12.1 Å². The molecule has 1 saturated heterocycles. The number of rotatable bonds is 7. The van der Waals surface area contributed by atoms with Crippen LogP contribution in [0.25, 0.3) is 0 Å². The first-order chi connectivity index (χ1) is 13.2. The predicted octanol–water partition coefficient (Wildman–Crippen LogP) is 4.56. The van der Waals surface area contributed by atoms with Crippen LogP contribution < -0.4 is 5.32 Å². The molecule has 1 heterocycles. The molecule has 0 bridgehead atoms. The summed E-state index contributed by atoms with van der Waals surface area (Å²) in [6.45, 7) is 3.94. The Morgan fingerprint density at radius 3 is 2.19 bits per heavy atom. The van der Waals surface area contributed by atoms with Crippen LogP contribution in [0.15, 0.2) is 48.5 Å². The molecule has 144 valence electrons. The van der Waals surface area contributed by atoms with Crippen LogP contribution in [-0.4, -0.2) is 30.4 Å². The molecule has 0 atom stereocenters. The largest absolute Gasteiger partial charge is 0.352 e. The van der Waals surface area contributed by atoms with Crippen LogP contribution in [0.1, 0.15) is 53.6 Å². The monoisotopic (exact) mass is 368 g/mol. The molecule has 27 heavy (non-hydrogen) atoms. The molecule has 1 N–H and O–H groups in total. The Labute approximate surface area is 161 Å². The fourth-order valence-corrected chi connectivity index (χ4v) is 3.56. The maximum Gasteiger partial charge on any atom is 0.251 e. The summed E-state index contributed by atoms with van der Waals surface area (Å²) in [5.41, 5.74) is 3.06. The normalized spacial score (nSPS) is 15.3. The number of hydrogen-bond acceptors (Lipinski definition) is 2. The summed E-state index contributed by atoms with van der Waals surface area (Å²) in [6.07, 6.45) is 6.93. The van der Waals surface area contributed by atoms with Crippen molar-refractivity contribution in [3.05, 3.63) is 71.0 Å². The Bertz CT molecular complexity index is 704. The van der Waals surface area contributed by atoms with Crippen LogP contribution >= 0.6 is 0 Å². The van der Waals surface area contributed by atoms with Crippen LogP contribution in [0, 0.1) is 5.82 Å². The second-order valence-electron chi connectivity index (χ2n) is 7.37. The third-order valence-corrected chi connectivity index (χ3v) is 5.16. The zero-order valence-corrected chi connectivity index (χ0v) is 15.9. The summed E-state index contributed by atoms with van der Waals surface area (Å²) >= 11 is 0. The number of amides is 1. The molecule has 3 nitrogen and oxygen atoms in total. The van der Waals surface area contributed by atoms with Crippen LogP contribution in [0.2, 0.25) is 0 Å². The van der Waals surface area contributed by atoms with Gasteiger partial charge in [0.1, 0.15) is 5.82 Å². The van der Waals surface area contributed by atoms with Crippen molar-refractivity contribution in [3.8, 4) is 0 Å². The van der Waals surface area contributed by atoms with Gasteiger partial charge in [0.05, 0.1) is 0 Å². The summed E-state index contributed by atoms with van der Waals surface area (Å²) < 4.78 is 12.9. The first kappa shape index (κ1) is 19.6. The van der Waals surface area contributed by atoms with Crippen LogP contribution in [0.4, 0.5) is 4.39 Å². The summed E-state index contributed by atoms with van der Waals surface area (Å²) in [5.74, 6) is -0.248. The molecule has 4 heteroatoms. The Hall–Kier alpha value is -2.20. The Balaban J connectivity index is 1.41. The van der Waals surface area contributed by atoms with Gasteiger partial charge < -0.3 is 5.32 Å². The number of carbonyl (C=O) groups excluding carboxylic acids is 1. The van der Waals surface area contributed by atoms with Crippen molar-refractivity contribution >= 4 is 5.91 Å². The minimum Gasteiger partial charge on any atom is -0.352 e. The number of hydrogen-bond donors (Lipinski definition) is 1. The molecule has 0 aliphatic carbocycles. The number of benzene rings is 2. The highest BCUT2D eigenvalue weighted by atomic mass is 19.1. The number of nitrogens with zero attached hydrogens (tertiary/aromatic N) is 1. The van der Waals surface area contributed by atoms with Crippen molar-refractivity contribution in [3.63, 3.8) is 0 Å². The van der Waals surface area contributed by atoms with E-state index in [9.17, 15) is 9.18 Å². The van der Waals surface area contributed by atoms with Crippen molar-refractivity contribution in [2.24, 2.45) is 0 Å². The van der Waals surface area contributed by atoms with Gasteiger partial charge >= 0.3 is 0 Å². The average molecular weight is 368 g/mol. The number of carbonyl (C=O) groups is 1. The predicted molar refractivity (Wildman–Crippen MR) is 107 cm³/mol. The van der Waals surface area contributed by atoms with E-state index in [-0.39, 0.29) is 11.7 Å². The summed E-state index contributed by atoms with van der Waals surface area (Å²) in [6, 6.07) is 14.5. The maximum absolute atomic E-state index is 12.9. The number of halogens is 1. The smallest absolute Gasteiger partial charge is 0.251 e. The quantitative estimate of drug-likeness (QED) is 0.727. The van der Waals surface area contributed by atoms with E-state index in [0.717, 1.165) is 24.9 Å². The summed E-state index contributed by atoms with van der Waals surface area (Å²) in [7, 11) is 0. The Morgan fingerprint density at radius 2 is 1.52 bits per heavy atom. The second kappa shape index (κ2) is 10.2. The molecule has 1 fully saturated rings. The lowest BCUT2D eigenvalue weighted by Crippen LogP contribution is -2.25. The molecule has 1 aliphatic rings. The first-order valence-electron chi connectivity index (χ1n) is 10.0. The lowest BCUT2D eigenvalue weighted by atomic mass is 10.1. The second-order valence-corrected chi connectivity index (χ2v) is 7.37. The van der Waals surface area contributed by atoms with Crippen molar-refractivity contribution in [1.82, 2.24) is 10.2 Å². The first-order valence-corrected chi connectivity index (χ1v) is 10.0. The molecule has 3 rings (SSSR count). The van der Waals surface area contributed by atoms with Crippen molar-refractivity contribution in [2.75, 3.05) is 19.6 Å². The molecule has 1 amide bonds. The number of nitrogens with one attached hydrogen (secondary N) is 1. The van der Waals surface area contributed by atoms with E-state index in [1.165, 1.54) is 56.5 Å². The van der Waals surface area contributed by atoms with E-state index in [4.69, 9.17) is 0 Å². The molecule has 1 aliphatic heterocycles. The molecule has 0 unspecified atom stereocenters. The lowest BCUT2D eigenvalue weighted by Gasteiger charge is -2.19. The molecule has 0 saturated carbocycles. The molecule has 0 radical (unpaired) electrons. The fourth-order valence-electron chi connectivity index (χ4n) is 3.56. The maximum atomic E-state index is 12.9. The van der Waals surface area contributed by atoms with Gasteiger partial charge in [0.2, 0.25) is 0 Å². The van der Waals surface area contributed by atoms with Gasteiger partial charge in [0.25, 0.3) is 5.91 Å². The van der Waals surface area contributed by atoms with Gasteiger partial charge in [-0.2, -0.15) is 0 Å². The SMILES string of the molecule is O=C(NCCCc1ccc(F)cc1)c1ccc(CN2CCCCCC2)cc1. The van der Waals surface area contributed by atoms with E-state index in [0.29, 0.717) is 12.1 Å². The van der Waals surface area contributed by atoms with Gasteiger partial charge in [-0.3, -0.25) is 9.69 Å². The van der Waals surface area contributed by atoms with Crippen LogP contribution in [0.5, 0.6) is 0 Å². The van der Waals surface area contributed by atoms with E-state index < -0.39 is 0 Å². The van der Waals surface area contributed by atoms with E-state index in [1.54, 1.807) is 12.1 Å². The highest BCUT2D eigenvalue weighted by molar-refractivity contribution is 5.94. The third-order valence-electron chi connectivity index (χ3n) is 5.16. The van der Waals surface area contributed by atoms with Gasteiger partial charge in [-0.1, -0.05) is 37.1 Å². The highest BCUT2D eigenvalue weighted by Gasteiger charge is 2.10. The number of likely N-dealkylation sites (tertiary alicyclic amines) is 1. The van der Waals surface area contributed by atoms with Crippen LogP contribution in [0.3, 0.4) is 0 Å². The zero-order chi connectivity index (χ0) is 18.9. The third kappa shape index (κ3) is 6.47. The van der Waals surface area contributed by atoms with E-state index >= 15 is 0 Å². The van der Waals surface area contributed by atoms with Crippen molar-refractivity contribution in [1.29, 1.82) is 0 Å². The van der Waals surface area contributed by atoms with Gasteiger partial charge in [-0.25, -0.2) is 4.39 Å². The van der Waals surface area contributed by atoms with Gasteiger partial charge in [0.15, 0.2) is 0 Å². The van der Waals surface area contributed by atoms with Gasteiger partial charge in [0, 0.05) is 18.7 Å². The summed E-state index contributed by atoms with van der Waals surface area (Å²) in [4.78, 5) is 14.8. The molecular formula is C23H29FN2O. The minimum atomic E-state index is -0.216. The zero-order valence-electron chi connectivity index (χ0n) is 15.9. The standard InChI is InChI=1S/C23H29FN2O/c24-22-13-9-19(10-14-22)6-5-15-25-23(27)21-11-7-20(8-12-21)18-26-16-3-1-2-4-17-26/h7-14H,1-6,15-18H2,(H,25,27).